The Morgan fingerprint density at radius 1 is 1.52 bits per heavy atom. The minimum atomic E-state index is -0.405. The fourth-order valence-corrected chi connectivity index (χ4v) is 2.51. The second-order valence-corrected chi connectivity index (χ2v) is 5.24. The van der Waals surface area contributed by atoms with E-state index >= 15 is 0 Å². The molecule has 5 heteroatoms. The van der Waals surface area contributed by atoms with Crippen LogP contribution in [0, 0.1) is 11.7 Å². The third-order valence-electron chi connectivity index (χ3n) is 3.71. The first-order valence-corrected chi connectivity index (χ1v) is 7.42. The summed E-state index contributed by atoms with van der Waals surface area (Å²) in [4.78, 5) is 12.1. The Labute approximate surface area is 124 Å². The number of benzene rings is 1. The average Bonchev–Trinajstić information content (AvgIpc) is 2.48. The summed E-state index contributed by atoms with van der Waals surface area (Å²) < 4.78 is 24.4. The highest BCUT2D eigenvalue weighted by Gasteiger charge is 2.28. The maximum Gasteiger partial charge on any atom is 0.225 e. The predicted molar refractivity (Wildman–Crippen MR) is 77.6 cm³/mol. The van der Waals surface area contributed by atoms with Crippen LogP contribution in [-0.2, 0) is 16.1 Å². The Hall–Kier alpha value is -1.62. The molecular formula is C16H22FNO3. The Morgan fingerprint density at radius 2 is 2.33 bits per heavy atom. The van der Waals surface area contributed by atoms with Crippen LogP contribution in [0.1, 0.15) is 32.3 Å². The van der Waals surface area contributed by atoms with Gasteiger partial charge in [-0.05, 0) is 44.4 Å². The number of carbonyl (C=O) groups excluding carboxylic acids is 1. The molecule has 1 amide bonds. The van der Waals surface area contributed by atoms with Crippen LogP contribution in [0.25, 0.3) is 0 Å². The van der Waals surface area contributed by atoms with Gasteiger partial charge >= 0.3 is 0 Å². The van der Waals surface area contributed by atoms with E-state index in [2.05, 4.69) is 5.32 Å². The second kappa shape index (κ2) is 7.41. The summed E-state index contributed by atoms with van der Waals surface area (Å²) in [5.41, 5.74) is 0.716. The van der Waals surface area contributed by atoms with Crippen molar-refractivity contribution in [1.29, 1.82) is 0 Å². The van der Waals surface area contributed by atoms with Gasteiger partial charge in [0, 0.05) is 13.2 Å². The van der Waals surface area contributed by atoms with Crippen LogP contribution in [0.3, 0.4) is 0 Å². The number of hydrogen-bond acceptors (Lipinski definition) is 3. The molecule has 1 aliphatic heterocycles. The van der Waals surface area contributed by atoms with Crippen LogP contribution < -0.4 is 10.1 Å². The molecule has 1 aromatic rings. The highest BCUT2D eigenvalue weighted by molar-refractivity contribution is 5.79. The summed E-state index contributed by atoms with van der Waals surface area (Å²) in [6.07, 6.45) is 1.68. The van der Waals surface area contributed by atoms with Crippen LogP contribution in [-0.4, -0.2) is 25.2 Å². The maximum absolute atomic E-state index is 13.7. The minimum absolute atomic E-state index is 0.0310. The van der Waals surface area contributed by atoms with Gasteiger partial charge < -0.3 is 14.8 Å². The number of ether oxygens (including phenoxy) is 2. The fourth-order valence-electron chi connectivity index (χ4n) is 2.51. The van der Waals surface area contributed by atoms with Crippen molar-refractivity contribution in [2.45, 2.75) is 39.3 Å². The maximum atomic E-state index is 13.7. The predicted octanol–water partition coefficient (Wildman–Crippen LogP) is 2.66. The monoisotopic (exact) mass is 295 g/mol. The van der Waals surface area contributed by atoms with E-state index in [4.69, 9.17) is 9.47 Å². The van der Waals surface area contributed by atoms with Crippen molar-refractivity contribution in [2.75, 3.05) is 13.2 Å². The zero-order valence-corrected chi connectivity index (χ0v) is 12.5. The van der Waals surface area contributed by atoms with Crippen molar-refractivity contribution in [3.63, 3.8) is 0 Å². The quantitative estimate of drug-likeness (QED) is 0.908. The molecule has 1 fully saturated rings. The lowest BCUT2D eigenvalue weighted by Crippen LogP contribution is -2.39. The lowest BCUT2D eigenvalue weighted by molar-refractivity contribution is -0.133. The van der Waals surface area contributed by atoms with Crippen molar-refractivity contribution in [3.8, 4) is 5.75 Å². The molecule has 0 saturated carbocycles. The van der Waals surface area contributed by atoms with Crippen molar-refractivity contribution in [3.05, 3.63) is 29.6 Å². The molecule has 21 heavy (non-hydrogen) atoms. The van der Waals surface area contributed by atoms with E-state index in [9.17, 15) is 9.18 Å². The zero-order valence-electron chi connectivity index (χ0n) is 12.5. The Bertz CT molecular complexity index is 492. The van der Waals surface area contributed by atoms with Gasteiger partial charge in [-0.15, -0.1) is 0 Å². The molecule has 0 aliphatic carbocycles. The topological polar surface area (TPSA) is 47.6 Å². The summed E-state index contributed by atoms with van der Waals surface area (Å²) in [6, 6.07) is 4.74. The molecule has 2 unspecified atom stereocenters. The number of amides is 1. The van der Waals surface area contributed by atoms with E-state index in [1.54, 1.807) is 19.1 Å². The van der Waals surface area contributed by atoms with Crippen molar-refractivity contribution < 1.29 is 18.7 Å². The lowest BCUT2D eigenvalue weighted by Gasteiger charge is -2.28. The largest absolute Gasteiger partial charge is 0.491 e. The van der Waals surface area contributed by atoms with Gasteiger partial charge in [-0.3, -0.25) is 4.79 Å². The number of rotatable bonds is 5. The Morgan fingerprint density at radius 3 is 3.00 bits per heavy atom. The summed E-state index contributed by atoms with van der Waals surface area (Å²) >= 11 is 0. The summed E-state index contributed by atoms with van der Waals surface area (Å²) in [5.74, 6) is -0.317. The highest BCUT2D eigenvalue weighted by atomic mass is 19.1. The molecule has 4 nitrogen and oxygen atoms in total. The first kappa shape index (κ1) is 15.8. The molecule has 1 heterocycles. The smallest absolute Gasteiger partial charge is 0.225 e. The van der Waals surface area contributed by atoms with Gasteiger partial charge in [-0.2, -0.15) is 0 Å². The van der Waals surface area contributed by atoms with Crippen LogP contribution >= 0.6 is 0 Å². The van der Waals surface area contributed by atoms with Crippen molar-refractivity contribution >= 4 is 5.91 Å². The van der Waals surface area contributed by atoms with Crippen molar-refractivity contribution in [1.82, 2.24) is 5.32 Å². The van der Waals surface area contributed by atoms with Gasteiger partial charge in [0.1, 0.15) is 0 Å². The molecule has 1 saturated heterocycles. The number of carbonyl (C=O) groups is 1. The van der Waals surface area contributed by atoms with E-state index in [0.29, 0.717) is 18.7 Å². The molecule has 0 radical (unpaired) electrons. The molecule has 2 rings (SSSR count). The zero-order chi connectivity index (χ0) is 15.2. The third kappa shape index (κ3) is 4.17. The highest BCUT2D eigenvalue weighted by Crippen LogP contribution is 2.21. The lowest BCUT2D eigenvalue weighted by atomic mass is 9.94. The van der Waals surface area contributed by atoms with Crippen LogP contribution in [0.2, 0.25) is 0 Å². The molecule has 0 aromatic heterocycles. The summed E-state index contributed by atoms with van der Waals surface area (Å²) in [5, 5.41) is 2.85. The number of halogens is 1. The van der Waals surface area contributed by atoms with Gasteiger partial charge in [0.15, 0.2) is 11.6 Å². The van der Waals surface area contributed by atoms with Crippen molar-refractivity contribution in [2.24, 2.45) is 5.92 Å². The first-order valence-electron chi connectivity index (χ1n) is 7.42. The van der Waals surface area contributed by atoms with Gasteiger partial charge in [-0.25, -0.2) is 4.39 Å². The van der Waals surface area contributed by atoms with Gasteiger partial charge in [-0.1, -0.05) is 6.07 Å². The number of nitrogens with one attached hydrogen (secondary N) is 1. The minimum Gasteiger partial charge on any atom is -0.491 e. The van der Waals surface area contributed by atoms with Crippen LogP contribution in [0.4, 0.5) is 4.39 Å². The van der Waals surface area contributed by atoms with Gasteiger partial charge in [0.2, 0.25) is 5.91 Å². The van der Waals surface area contributed by atoms with E-state index in [1.165, 1.54) is 6.07 Å². The van der Waals surface area contributed by atoms with Crippen LogP contribution in [0.5, 0.6) is 5.75 Å². The Balaban J connectivity index is 1.90. The van der Waals surface area contributed by atoms with E-state index < -0.39 is 5.82 Å². The Kier molecular flexibility index (Phi) is 5.56. The molecule has 0 bridgehead atoms. The molecular weight excluding hydrogens is 273 g/mol. The molecule has 2 atom stereocenters. The molecule has 1 N–H and O–H groups in total. The fraction of sp³-hybridized carbons (Fsp3) is 0.562. The molecule has 1 aliphatic rings. The molecule has 1 aromatic carbocycles. The number of hydrogen-bond donors (Lipinski definition) is 1. The molecule has 116 valence electrons. The summed E-state index contributed by atoms with van der Waals surface area (Å²) in [7, 11) is 0. The average molecular weight is 295 g/mol. The summed E-state index contributed by atoms with van der Waals surface area (Å²) in [6.45, 7) is 5.17. The van der Waals surface area contributed by atoms with E-state index in [0.717, 1.165) is 19.4 Å². The van der Waals surface area contributed by atoms with E-state index in [1.807, 2.05) is 6.92 Å². The molecule has 0 spiro atoms. The van der Waals surface area contributed by atoms with Gasteiger partial charge in [0.05, 0.1) is 18.6 Å². The standard InChI is InChI=1S/C16H22FNO3/c1-3-20-15-7-6-12(9-14(15)17)10-18-16(19)13-5-4-8-21-11(13)2/h6-7,9,11,13H,3-5,8,10H2,1-2H3,(H,18,19). The normalized spacial score (nSPS) is 21.9. The van der Waals surface area contributed by atoms with E-state index in [-0.39, 0.29) is 23.7 Å². The first-order chi connectivity index (χ1) is 10.1. The second-order valence-electron chi connectivity index (χ2n) is 5.24. The SMILES string of the molecule is CCOc1ccc(CNC(=O)C2CCCOC2C)cc1F. The van der Waals surface area contributed by atoms with Crippen LogP contribution in [0.15, 0.2) is 18.2 Å². The van der Waals surface area contributed by atoms with Gasteiger partial charge in [0.25, 0.3) is 0 Å². The third-order valence-corrected chi connectivity index (χ3v) is 3.71.